The molecule has 2 aliphatic rings. The highest BCUT2D eigenvalue weighted by atomic mass is 19.1. The summed E-state index contributed by atoms with van der Waals surface area (Å²) in [4.78, 5) is 0. The van der Waals surface area contributed by atoms with Crippen LogP contribution in [0, 0.1) is 30.5 Å². The summed E-state index contributed by atoms with van der Waals surface area (Å²) in [5.41, 5.74) is 2.26. The van der Waals surface area contributed by atoms with Crippen LogP contribution in [0.3, 0.4) is 0 Å². The van der Waals surface area contributed by atoms with E-state index in [9.17, 15) is 9.50 Å². The monoisotopic (exact) mass is 353 g/mol. The molecule has 4 unspecified atom stereocenters. The van der Waals surface area contributed by atoms with Crippen LogP contribution < -0.4 is 5.32 Å². The van der Waals surface area contributed by atoms with E-state index in [0.29, 0.717) is 12.3 Å². The van der Waals surface area contributed by atoms with Gasteiger partial charge >= 0.3 is 0 Å². The second-order valence-corrected chi connectivity index (χ2v) is 8.14. The number of fused-ring (bicyclic) bond motifs is 1. The van der Waals surface area contributed by atoms with Crippen LogP contribution in [0.4, 0.5) is 4.39 Å². The van der Waals surface area contributed by atoms with Gasteiger partial charge in [0.25, 0.3) is 0 Å². The molecule has 1 aliphatic carbocycles. The molecular weight excluding hydrogens is 325 g/mol. The molecule has 0 aromatic heterocycles. The third kappa shape index (κ3) is 3.19. The molecule has 2 nitrogen and oxygen atoms in total. The Labute approximate surface area is 155 Å². The number of benzene rings is 2. The molecule has 2 aromatic rings. The zero-order chi connectivity index (χ0) is 18.1. The van der Waals surface area contributed by atoms with Crippen LogP contribution in [-0.4, -0.2) is 18.2 Å². The van der Waals surface area contributed by atoms with E-state index in [4.69, 9.17) is 0 Å². The largest absolute Gasteiger partial charge is 0.385 e. The first kappa shape index (κ1) is 17.7. The third-order valence-corrected chi connectivity index (χ3v) is 6.64. The zero-order valence-corrected chi connectivity index (χ0v) is 15.4. The van der Waals surface area contributed by atoms with Crippen LogP contribution in [0.15, 0.2) is 48.5 Å². The molecule has 2 aromatic carbocycles. The maximum atomic E-state index is 13.3. The van der Waals surface area contributed by atoms with Crippen molar-refractivity contribution in [1.29, 1.82) is 0 Å². The van der Waals surface area contributed by atoms with Crippen LogP contribution in [0.2, 0.25) is 0 Å². The van der Waals surface area contributed by atoms with Gasteiger partial charge in [-0.1, -0.05) is 36.4 Å². The molecule has 1 saturated heterocycles. The van der Waals surface area contributed by atoms with E-state index < -0.39 is 5.60 Å². The second kappa shape index (κ2) is 7.13. The Morgan fingerprint density at radius 3 is 2.58 bits per heavy atom. The number of aliphatic hydroxyl groups is 1. The maximum Gasteiger partial charge on any atom is 0.123 e. The first-order chi connectivity index (χ1) is 12.6. The molecule has 138 valence electrons. The Hall–Kier alpha value is -1.71. The van der Waals surface area contributed by atoms with Crippen molar-refractivity contribution in [3.05, 3.63) is 71.0 Å². The summed E-state index contributed by atoms with van der Waals surface area (Å²) in [7, 11) is 0. The number of nitrogens with one attached hydrogen (secondary N) is 1. The van der Waals surface area contributed by atoms with Gasteiger partial charge in [-0.2, -0.15) is 0 Å². The standard InChI is InChI=1S/C23H28FNO/c1-16-4-2-3-5-21(16)23(26,15-17-6-8-19(24)9-7-17)22-14-18-10-12-25-13-11-20(18)22/h2-9,18,20,22,25-26H,10-15H2,1H3. The van der Waals surface area contributed by atoms with Gasteiger partial charge < -0.3 is 10.4 Å². The number of aryl methyl sites for hydroxylation is 1. The number of rotatable bonds is 4. The Morgan fingerprint density at radius 2 is 1.81 bits per heavy atom. The fourth-order valence-corrected chi connectivity index (χ4v) is 5.21. The quantitative estimate of drug-likeness (QED) is 0.863. The molecular formula is C23H28FNO. The van der Waals surface area contributed by atoms with Crippen LogP contribution >= 0.6 is 0 Å². The normalized spacial score (nSPS) is 27.7. The molecule has 0 spiro atoms. The van der Waals surface area contributed by atoms with Crippen molar-refractivity contribution in [2.24, 2.45) is 17.8 Å². The van der Waals surface area contributed by atoms with Crippen LogP contribution in [-0.2, 0) is 12.0 Å². The van der Waals surface area contributed by atoms with Crippen molar-refractivity contribution in [2.75, 3.05) is 13.1 Å². The van der Waals surface area contributed by atoms with Crippen molar-refractivity contribution in [2.45, 2.75) is 38.2 Å². The predicted octanol–water partition coefficient (Wildman–Crippen LogP) is 4.20. The summed E-state index contributed by atoms with van der Waals surface area (Å²) < 4.78 is 13.3. The lowest BCUT2D eigenvalue weighted by molar-refractivity contribution is -0.120. The van der Waals surface area contributed by atoms with Gasteiger partial charge in [0, 0.05) is 6.42 Å². The fourth-order valence-electron chi connectivity index (χ4n) is 5.21. The van der Waals surface area contributed by atoms with E-state index in [0.717, 1.165) is 48.5 Å². The van der Waals surface area contributed by atoms with Crippen molar-refractivity contribution < 1.29 is 9.50 Å². The van der Waals surface area contributed by atoms with Crippen molar-refractivity contribution in [3.8, 4) is 0 Å². The molecule has 1 saturated carbocycles. The molecule has 1 aliphatic heterocycles. The minimum atomic E-state index is -0.894. The minimum absolute atomic E-state index is 0.230. The van der Waals surface area contributed by atoms with E-state index in [1.165, 1.54) is 18.6 Å². The lowest BCUT2D eigenvalue weighted by Crippen LogP contribution is -2.51. The van der Waals surface area contributed by atoms with Crippen LogP contribution in [0.25, 0.3) is 0 Å². The van der Waals surface area contributed by atoms with E-state index >= 15 is 0 Å². The fraction of sp³-hybridized carbons (Fsp3) is 0.478. The van der Waals surface area contributed by atoms with Crippen molar-refractivity contribution >= 4 is 0 Å². The second-order valence-electron chi connectivity index (χ2n) is 8.14. The van der Waals surface area contributed by atoms with Gasteiger partial charge in [-0.05, 0) is 85.9 Å². The number of hydrogen-bond acceptors (Lipinski definition) is 2. The molecule has 3 heteroatoms. The molecule has 2 fully saturated rings. The van der Waals surface area contributed by atoms with Gasteiger partial charge in [-0.25, -0.2) is 4.39 Å². The van der Waals surface area contributed by atoms with Gasteiger partial charge in [0.15, 0.2) is 0 Å². The zero-order valence-electron chi connectivity index (χ0n) is 15.4. The van der Waals surface area contributed by atoms with Gasteiger partial charge in [-0.15, -0.1) is 0 Å². The third-order valence-electron chi connectivity index (χ3n) is 6.64. The van der Waals surface area contributed by atoms with Crippen LogP contribution in [0.5, 0.6) is 0 Å². The maximum absolute atomic E-state index is 13.3. The lowest BCUT2D eigenvalue weighted by Gasteiger charge is -2.53. The molecule has 0 amide bonds. The van der Waals surface area contributed by atoms with Gasteiger partial charge in [0.1, 0.15) is 5.82 Å². The lowest BCUT2D eigenvalue weighted by atomic mass is 9.54. The Morgan fingerprint density at radius 1 is 1.08 bits per heavy atom. The number of hydrogen-bond donors (Lipinski definition) is 2. The molecule has 0 radical (unpaired) electrons. The summed E-state index contributed by atoms with van der Waals surface area (Å²) in [5.74, 6) is 1.32. The smallest absolute Gasteiger partial charge is 0.123 e. The summed E-state index contributed by atoms with van der Waals surface area (Å²) in [5, 5.41) is 15.5. The molecule has 2 N–H and O–H groups in total. The van der Waals surface area contributed by atoms with Gasteiger partial charge in [0.05, 0.1) is 5.60 Å². The molecule has 4 atom stereocenters. The highest BCUT2D eigenvalue weighted by Crippen LogP contribution is 2.54. The van der Waals surface area contributed by atoms with Crippen LogP contribution in [0.1, 0.15) is 36.0 Å². The summed E-state index contributed by atoms with van der Waals surface area (Å²) >= 11 is 0. The van der Waals surface area contributed by atoms with E-state index in [1.807, 2.05) is 24.3 Å². The first-order valence-corrected chi connectivity index (χ1v) is 9.81. The first-order valence-electron chi connectivity index (χ1n) is 9.81. The number of halogens is 1. The Bertz CT molecular complexity index is 759. The van der Waals surface area contributed by atoms with E-state index in [1.54, 1.807) is 0 Å². The summed E-state index contributed by atoms with van der Waals surface area (Å²) in [6.45, 7) is 4.21. The topological polar surface area (TPSA) is 32.3 Å². The van der Waals surface area contributed by atoms with E-state index in [2.05, 4.69) is 24.4 Å². The molecule has 1 heterocycles. The molecule has 0 bridgehead atoms. The highest BCUT2D eigenvalue weighted by Gasteiger charge is 2.52. The van der Waals surface area contributed by atoms with Gasteiger partial charge in [-0.3, -0.25) is 0 Å². The minimum Gasteiger partial charge on any atom is -0.385 e. The molecule has 26 heavy (non-hydrogen) atoms. The summed E-state index contributed by atoms with van der Waals surface area (Å²) in [6.07, 6.45) is 3.96. The Kier molecular flexibility index (Phi) is 4.85. The average Bonchev–Trinajstić information content (AvgIpc) is 2.79. The van der Waals surface area contributed by atoms with Crippen molar-refractivity contribution in [1.82, 2.24) is 5.32 Å². The Balaban J connectivity index is 1.70. The summed E-state index contributed by atoms with van der Waals surface area (Å²) in [6, 6.07) is 14.8. The average molecular weight is 353 g/mol. The van der Waals surface area contributed by atoms with Crippen molar-refractivity contribution in [3.63, 3.8) is 0 Å². The van der Waals surface area contributed by atoms with Gasteiger partial charge in [0.2, 0.25) is 0 Å². The molecule has 4 rings (SSSR count). The highest BCUT2D eigenvalue weighted by molar-refractivity contribution is 5.35. The SMILES string of the molecule is Cc1ccccc1C(O)(Cc1ccc(F)cc1)C1CC2CCNCCC21. The predicted molar refractivity (Wildman–Crippen MR) is 102 cm³/mol. The van der Waals surface area contributed by atoms with E-state index in [-0.39, 0.29) is 11.7 Å².